The van der Waals surface area contributed by atoms with E-state index in [1.807, 2.05) is 6.92 Å². The third-order valence-corrected chi connectivity index (χ3v) is 2.83. The molecule has 5 atom stereocenters. The van der Waals surface area contributed by atoms with Crippen LogP contribution in [0.25, 0.3) is 0 Å². The van der Waals surface area contributed by atoms with Crippen LogP contribution in [0.2, 0.25) is 0 Å². The van der Waals surface area contributed by atoms with Crippen molar-refractivity contribution in [1.29, 1.82) is 0 Å². The average Bonchev–Trinajstić information content (AvgIpc) is 2.27. The second-order valence-corrected chi connectivity index (χ2v) is 3.92. The van der Waals surface area contributed by atoms with Crippen molar-refractivity contribution in [3.05, 3.63) is 0 Å². The van der Waals surface area contributed by atoms with Crippen molar-refractivity contribution >= 4 is 5.97 Å². The summed E-state index contributed by atoms with van der Waals surface area (Å²) in [6, 6.07) is 0. The maximum Gasteiger partial charge on any atom is 0.305 e. The molecule has 0 saturated carbocycles. The van der Waals surface area contributed by atoms with Gasteiger partial charge in [-0.2, -0.15) is 0 Å². The molecule has 0 aromatic heterocycles. The Labute approximate surface area is 101 Å². The van der Waals surface area contributed by atoms with E-state index in [4.69, 9.17) is 23.7 Å². The summed E-state index contributed by atoms with van der Waals surface area (Å²) < 4.78 is 26.6. The second-order valence-electron chi connectivity index (χ2n) is 3.92. The Morgan fingerprint density at radius 1 is 1.00 bits per heavy atom. The van der Waals surface area contributed by atoms with E-state index >= 15 is 0 Å². The lowest BCUT2D eigenvalue weighted by Gasteiger charge is -2.43. The van der Waals surface area contributed by atoms with E-state index in [1.165, 1.54) is 14.0 Å². The van der Waals surface area contributed by atoms with Crippen molar-refractivity contribution in [1.82, 2.24) is 0 Å². The Balaban J connectivity index is 2.84. The van der Waals surface area contributed by atoms with Gasteiger partial charge in [0.15, 0.2) is 0 Å². The first kappa shape index (κ1) is 14.4. The summed E-state index contributed by atoms with van der Waals surface area (Å²) in [7, 11) is 4.65. The fourth-order valence-electron chi connectivity index (χ4n) is 2.07. The summed E-state index contributed by atoms with van der Waals surface area (Å²) in [5.74, 6) is -0.421. The van der Waals surface area contributed by atoms with E-state index in [0.717, 1.165) is 0 Å². The molecule has 0 amide bonds. The minimum Gasteiger partial charge on any atom is -0.433 e. The summed E-state index contributed by atoms with van der Waals surface area (Å²) in [4.78, 5) is 11.0. The molecule has 0 unspecified atom stereocenters. The molecule has 0 aromatic carbocycles. The van der Waals surface area contributed by atoms with Gasteiger partial charge in [-0.3, -0.25) is 4.79 Å². The molecule has 100 valence electrons. The molecule has 6 nitrogen and oxygen atoms in total. The van der Waals surface area contributed by atoms with Crippen LogP contribution in [0.3, 0.4) is 0 Å². The van der Waals surface area contributed by atoms with E-state index in [9.17, 15) is 4.79 Å². The fraction of sp³-hybridized carbons (Fsp3) is 0.909. The van der Waals surface area contributed by atoms with Gasteiger partial charge in [0.1, 0.15) is 18.3 Å². The Morgan fingerprint density at radius 2 is 1.53 bits per heavy atom. The van der Waals surface area contributed by atoms with Gasteiger partial charge in [0.2, 0.25) is 6.29 Å². The monoisotopic (exact) mass is 248 g/mol. The maximum atomic E-state index is 11.0. The molecule has 6 heteroatoms. The van der Waals surface area contributed by atoms with Crippen molar-refractivity contribution in [2.45, 2.75) is 44.6 Å². The van der Waals surface area contributed by atoms with Gasteiger partial charge < -0.3 is 23.7 Å². The highest BCUT2D eigenvalue weighted by Crippen LogP contribution is 2.27. The van der Waals surface area contributed by atoms with Crippen molar-refractivity contribution in [2.75, 3.05) is 21.3 Å². The zero-order chi connectivity index (χ0) is 13.0. The summed E-state index contributed by atoms with van der Waals surface area (Å²) >= 11 is 0. The van der Waals surface area contributed by atoms with Gasteiger partial charge in [0, 0.05) is 28.3 Å². The predicted molar refractivity (Wildman–Crippen MR) is 58.5 cm³/mol. The molecule has 0 N–H and O–H groups in total. The van der Waals surface area contributed by atoms with Crippen molar-refractivity contribution in [3.63, 3.8) is 0 Å². The number of rotatable bonds is 4. The number of ether oxygens (including phenoxy) is 5. The molecule has 0 aromatic rings. The number of hydrogen-bond donors (Lipinski definition) is 0. The van der Waals surface area contributed by atoms with Crippen LogP contribution in [0.5, 0.6) is 0 Å². The Kier molecular flexibility index (Phi) is 5.32. The van der Waals surface area contributed by atoms with Crippen molar-refractivity contribution in [2.24, 2.45) is 0 Å². The van der Waals surface area contributed by atoms with Crippen LogP contribution in [0.1, 0.15) is 13.8 Å². The number of methoxy groups -OCH3 is 3. The van der Waals surface area contributed by atoms with E-state index in [2.05, 4.69) is 0 Å². The lowest BCUT2D eigenvalue weighted by molar-refractivity contribution is -0.296. The molecule has 1 aliphatic heterocycles. The van der Waals surface area contributed by atoms with Crippen LogP contribution in [-0.4, -0.2) is 58.0 Å². The highest BCUT2D eigenvalue weighted by Gasteiger charge is 2.46. The Hall–Kier alpha value is -0.690. The van der Waals surface area contributed by atoms with Gasteiger partial charge in [-0.05, 0) is 6.92 Å². The van der Waals surface area contributed by atoms with Crippen LogP contribution >= 0.6 is 0 Å². The normalized spacial score (nSPS) is 37.8. The van der Waals surface area contributed by atoms with Gasteiger partial charge in [-0.25, -0.2) is 0 Å². The third-order valence-electron chi connectivity index (χ3n) is 2.83. The topological polar surface area (TPSA) is 63.2 Å². The fourth-order valence-corrected chi connectivity index (χ4v) is 2.07. The van der Waals surface area contributed by atoms with Crippen LogP contribution in [-0.2, 0) is 28.5 Å². The van der Waals surface area contributed by atoms with Gasteiger partial charge >= 0.3 is 5.97 Å². The molecular formula is C11H20O6. The second kappa shape index (κ2) is 6.30. The van der Waals surface area contributed by atoms with E-state index in [1.54, 1.807) is 14.2 Å². The molecule has 1 aliphatic rings. The average molecular weight is 248 g/mol. The minimum atomic E-state index is -0.774. The number of carbonyl (C=O) groups is 1. The van der Waals surface area contributed by atoms with Crippen LogP contribution in [0, 0.1) is 0 Å². The first-order valence-electron chi connectivity index (χ1n) is 5.46. The van der Waals surface area contributed by atoms with Gasteiger partial charge in [0.05, 0.1) is 6.10 Å². The smallest absolute Gasteiger partial charge is 0.305 e. The first-order valence-corrected chi connectivity index (χ1v) is 5.46. The predicted octanol–water partition coefficient (Wildman–Crippen LogP) is 0.339. The molecule has 17 heavy (non-hydrogen) atoms. The zero-order valence-corrected chi connectivity index (χ0v) is 10.8. The molecule has 1 rings (SSSR count). The number of hydrogen-bond acceptors (Lipinski definition) is 6. The molecule has 1 fully saturated rings. The zero-order valence-electron chi connectivity index (χ0n) is 10.8. The number of esters is 1. The summed E-state index contributed by atoms with van der Waals surface area (Å²) in [6.45, 7) is 3.16. The Morgan fingerprint density at radius 3 is 1.94 bits per heavy atom. The van der Waals surface area contributed by atoms with Gasteiger partial charge in [-0.15, -0.1) is 0 Å². The van der Waals surface area contributed by atoms with Crippen molar-refractivity contribution in [3.8, 4) is 0 Å². The van der Waals surface area contributed by atoms with Crippen LogP contribution < -0.4 is 0 Å². The lowest BCUT2D eigenvalue weighted by Crippen LogP contribution is -2.59. The molecular weight excluding hydrogens is 228 g/mol. The molecule has 1 saturated heterocycles. The standard InChI is InChI=1S/C11H20O6/c1-6-8(13-3)9(14-4)10(15-5)11(16-6)17-7(2)12/h6,8-11H,1-5H3/t6-,8+,9-,10+,11+/m0/s1. The summed E-state index contributed by atoms with van der Waals surface area (Å²) in [5.41, 5.74) is 0. The summed E-state index contributed by atoms with van der Waals surface area (Å²) in [5, 5.41) is 0. The third kappa shape index (κ3) is 3.16. The van der Waals surface area contributed by atoms with E-state index in [0.29, 0.717) is 0 Å². The molecule has 0 aliphatic carbocycles. The van der Waals surface area contributed by atoms with Crippen molar-refractivity contribution < 1.29 is 28.5 Å². The van der Waals surface area contributed by atoms with Gasteiger partial charge in [0.25, 0.3) is 0 Å². The minimum absolute atomic E-state index is 0.249. The molecule has 0 bridgehead atoms. The first-order chi connectivity index (χ1) is 8.04. The highest BCUT2D eigenvalue weighted by atomic mass is 16.7. The highest BCUT2D eigenvalue weighted by molar-refractivity contribution is 5.66. The van der Waals surface area contributed by atoms with Crippen LogP contribution in [0.15, 0.2) is 0 Å². The Bertz CT molecular complexity index is 256. The molecule has 0 radical (unpaired) electrons. The molecule has 0 spiro atoms. The summed E-state index contributed by atoms with van der Waals surface area (Å²) in [6.07, 6.45) is -2.15. The van der Waals surface area contributed by atoms with Gasteiger partial charge in [-0.1, -0.05) is 0 Å². The quantitative estimate of drug-likeness (QED) is 0.668. The number of carbonyl (C=O) groups excluding carboxylic acids is 1. The SMILES string of the molecule is CO[C@@H]1[C@@H](OC)[C@@H](OC(C)=O)O[C@@H](C)[C@H]1OC. The largest absolute Gasteiger partial charge is 0.433 e. The van der Waals surface area contributed by atoms with E-state index < -0.39 is 18.4 Å². The van der Waals surface area contributed by atoms with E-state index in [-0.39, 0.29) is 18.3 Å². The lowest BCUT2D eigenvalue weighted by atomic mass is 9.99. The van der Waals surface area contributed by atoms with Crippen LogP contribution in [0.4, 0.5) is 0 Å². The molecule has 1 heterocycles. The maximum absolute atomic E-state index is 11.0.